The maximum absolute atomic E-state index is 3.37. The Morgan fingerprint density at radius 3 is 2.93 bits per heavy atom. The van der Waals surface area contributed by atoms with Crippen LogP contribution in [0.1, 0.15) is 23.6 Å². The highest BCUT2D eigenvalue weighted by Crippen LogP contribution is 2.33. The third-order valence-corrected chi connectivity index (χ3v) is 3.07. The Balaban J connectivity index is 2.45. The quantitative estimate of drug-likeness (QED) is 0.729. The summed E-state index contributed by atoms with van der Waals surface area (Å²) in [5.41, 5.74) is 4.16. The second-order valence-electron chi connectivity index (χ2n) is 4.11. The van der Waals surface area contributed by atoms with E-state index >= 15 is 0 Å². The normalized spacial score (nSPS) is 20.8. The van der Waals surface area contributed by atoms with Crippen LogP contribution in [0, 0.1) is 6.92 Å². The number of hydrogen-bond acceptors (Lipinski definition) is 2. The van der Waals surface area contributed by atoms with E-state index in [1.54, 1.807) is 0 Å². The second-order valence-corrected chi connectivity index (χ2v) is 4.11. The average molecular weight is 190 g/mol. The molecule has 76 valence electrons. The molecule has 0 aromatic heterocycles. The lowest BCUT2D eigenvalue weighted by Crippen LogP contribution is -2.32. The SMILES string of the molecule is CNC1CCN(C)c2cc(C)ccc21. The fraction of sp³-hybridized carbons (Fsp3) is 0.500. The molecule has 0 amide bonds. The van der Waals surface area contributed by atoms with E-state index in [4.69, 9.17) is 0 Å². The van der Waals surface area contributed by atoms with E-state index in [1.165, 1.54) is 23.2 Å². The van der Waals surface area contributed by atoms with Crippen LogP contribution in [0.15, 0.2) is 18.2 Å². The van der Waals surface area contributed by atoms with E-state index in [2.05, 4.69) is 42.4 Å². The van der Waals surface area contributed by atoms with Crippen LogP contribution in [-0.2, 0) is 0 Å². The van der Waals surface area contributed by atoms with Crippen molar-refractivity contribution in [2.75, 3.05) is 25.5 Å². The van der Waals surface area contributed by atoms with Crippen LogP contribution in [0.2, 0.25) is 0 Å². The zero-order chi connectivity index (χ0) is 10.1. The molecule has 0 fully saturated rings. The molecule has 2 heteroatoms. The fourth-order valence-electron chi connectivity index (χ4n) is 2.18. The van der Waals surface area contributed by atoms with Crippen molar-refractivity contribution < 1.29 is 0 Å². The predicted octanol–water partition coefficient (Wildman–Crippen LogP) is 2.10. The van der Waals surface area contributed by atoms with Crippen molar-refractivity contribution in [2.24, 2.45) is 0 Å². The van der Waals surface area contributed by atoms with Gasteiger partial charge < -0.3 is 10.2 Å². The molecule has 2 nitrogen and oxygen atoms in total. The van der Waals surface area contributed by atoms with Crippen molar-refractivity contribution in [1.82, 2.24) is 5.32 Å². The molecule has 0 aliphatic carbocycles. The van der Waals surface area contributed by atoms with Gasteiger partial charge in [-0.3, -0.25) is 0 Å². The largest absolute Gasteiger partial charge is 0.374 e. The summed E-state index contributed by atoms with van der Waals surface area (Å²) in [6.07, 6.45) is 1.20. The molecule has 14 heavy (non-hydrogen) atoms. The summed E-state index contributed by atoms with van der Waals surface area (Å²) in [4.78, 5) is 2.34. The monoisotopic (exact) mass is 190 g/mol. The summed E-state index contributed by atoms with van der Waals surface area (Å²) in [5.74, 6) is 0. The highest BCUT2D eigenvalue weighted by atomic mass is 15.1. The van der Waals surface area contributed by atoms with Gasteiger partial charge in [-0.2, -0.15) is 0 Å². The molecule has 0 radical (unpaired) electrons. The fourth-order valence-corrected chi connectivity index (χ4v) is 2.18. The van der Waals surface area contributed by atoms with Gasteiger partial charge in [0, 0.05) is 25.3 Å². The number of anilines is 1. The molecule has 1 aromatic rings. The van der Waals surface area contributed by atoms with Crippen LogP contribution in [0.25, 0.3) is 0 Å². The molecule has 1 aliphatic rings. The van der Waals surface area contributed by atoms with Crippen molar-refractivity contribution in [2.45, 2.75) is 19.4 Å². The number of nitrogens with one attached hydrogen (secondary N) is 1. The molecular weight excluding hydrogens is 172 g/mol. The van der Waals surface area contributed by atoms with Crippen molar-refractivity contribution in [1.29, 1.82) is 0 Å². The Hall–Kier alpha value is -1.02. The Morgan fingerprint density at radius 2 is 2.21 bits per heavy atom. The molecule has 0 spiro atoms. The van der Waals surface area contributed by atoms with Gasteiger partial charge in [-0.05, 0) is 37.6 Å². The summed E-state index contributed by atoms with van der Waals surface area (Å²) >= 11 is 0. The van der Waals surface area contributed by atoms with Gasteiger partial charge in [-0.15, -0.1) is 0 Å². The van der Waals surface area contributed by atoms with Gasteiger partial charge in [-0.1, -0.05) is 12.1 Å². The summed E-state index contributed by atoms with van der Waals surface area (Å²) in [6, 6.07) is 7.25. The lowest BCUT2D eigenvalue weighted by molar-refractivity contribution is 0.528. The molecule has 1 heterocycles. The number of aryl methyl sites for hydroxylation is 1. The molecule has 2 rings (SSSR count). The van der Waals surface area contributed by atoms with Crippen molar-refractivity contribution in [3.05, 3.63) is 29.3 Å². The maximum Gasteiger partial charge on any atom is 0.0414 e. The third-order valence-electron chi connectivity index (χ3n) is 3.07. The highest BCUT2D eigenvalue weighted by molar-refractivity contribution is 5.58. The zero-order valence-electron chi connectivity index (χ0n) is 9.17. The van der Waals surface area contributed by atoms with Gasteiger partial charge >= 0.3 is 0 Å². The number of nitrogens with zero attached hydrogens (tertiary/aromatic N) is 1. The van der Waals surface area contributed by atoms with E-state index in [1.807, 2.05) is 7.05 Å². The minimum atomic E-state index is 0.529. The Morgan fingerprint density at radius 1 is 1.43 bits per heavy atom. The van der Waals surface area contributed by atoms with Gasteiger partial charge in [-0.25, -0.2) is 0 Å². The molecule has 1 N–H and O–H groups in total. The average Bonchev–Trinajstić information content (AvgIpc) is 2.19. The molecule has 0 saturated carbocycles. The van der Waals surface area contributed by atoms with Crippen LogP contribution in [-0.4, -0.2) is 20.6 Å². The number of fused-ring (bicyclic) bond motifs is 1. The molecule has 1 atom stereocenters. The molecule has 0 bridgehead atoms. The van der Waals surface area contributed by atoms with Gasteiger partial charge in [0.05, 0.1) is 0 Å². The molecule has 1 unspecified atom stereocenters. The molecular formula is C12H18N2. The lowest BCUT2D eigenvalue weighted by atomic mass is 9.95. The molecule has 1 aromatic carbocycles. The smallest absolute Gasteiger partial charge is 0.0414 e. The number of rotatable bonds is 1. The van der Waals surface area contributed by atoms with E-state index in [0.29, 0.717) is 6.04 Å². The van der Waals surface area contributed by atoms with Crippen LogP contribution in [0.4, 0.5) is 5.69 Å². The molecule has 0 saturated heterocycles. The van der Waals surface area contributed by atoms with E-state index < -0.39 is 0 Å². The Kier molecular flexibility index (Phi) is 2.46. The summed E-state index contributed by atoms with van der Waals surface area (Å²) < 4.78 is 0. The maximum atomic E-state index is 3.37. The van der Waals surface area contributed by atoms with Crippen molar-refractivity contribution in [3.8, 4) is 0 Å². The minimum Gasteiger partial charge on any atom is -0.374 e. The number of hydrogen-bond donors (Lipinski definition) is 1. The summed E-state index contributed by atoms with van der Waals surface area (Å²) in [5, 5.41) is 3.37. The van der Waals surface area contributed by atoms with Gasteiger partial charge in [0.1, 0.15) is 0 Å². The van der Waals surface area contributed by atoms with Crippen LogP contribution in [0.5, 0.6) is 0 Å². The topological polar surface area (TPSA) is 15.3 Å². The van der Waals surface area contributed by atoms with Crippen molar-refractivity contribution in [3.63, 3.8) is 0 Å². The van der Waals surface area contributed by atoms with Gasteiger partial charge in [0.2, 0.25) is 0 Å². The lowest BCUT2D eigenvalue weighted by Gasteiger charge is -2.33. The second kappa shape index (κ2) is 3.62. The standard InChI is InChI=1S/C12H18N2/c1-9-4-5-10-11(13-2)6-7-14(3)12(10)8-9/h4-5,8,11,13H,6-7H2,1-3H3. The minimum absolute atomic E-state index is 0.529. The first-order valence-corrected chi connectivity index (χ1v) is 5.21. The Labute approximate surface area is 85.9 Å². The third kappa shape index (κ3) is 1.50. The molecule has 1 aliphatic heterocycles. The van der Waals surface area contributed by atoms with Gasteiger partial charge in [0.15, 0.2) is 0 Å². The van der Waals surface area contributed by atoms with E-state index in [-0.39, 0.29) is 0 Å². The first kappa shape index (κ1) is 9.53. The predicted molar refractivity (Wildman–Crippen MR) is 60.9 cm³/mol. The van der Waals surface area contributed by atoms with Crippen LogP contribution < -0.4 is 10.2 Å². The van der Waals surface area contributed by atoms with Crippen molar-refractivity contribution >= 4 is 5.69 Å². The number of benzene rings is 1. The first-order valence-electron chi connectivity index (χ1n) is 5.21. The zero-order valence-corrected chi connectivity index (χ0v) is 9.17. The summed E-state index contributed by atoms with van der Waals surface area (Å²) in [7, 11) is 4.21. The van der Waals surface area contributed by atoms with E-state index in [9.17, 15) is 0 Å². The summed E-state index contributed by atoms with van der Waals surface area (Å²) in [6.45, 7) is 3.29. The van der Waals surface area contributed by atoms with Crippen LogP contribution >= 0.6 is 0 Å². The first-order chi connectivity index (χ1) is 6.72. The Bertz CT molecular complexity index is 333. The highest BCUT2D eigenvalue weighted by Gasteiger charge is 2.21. The van der Waals surface area contributed by atoms with E-state index in [0.717, 1.165) is 6.54 Å². The van der Waals surface area contributed by atoms with Gasteiger partial charge in [0.25, 0.3) is 0 Å². The van der Waals surface area contributed by atoms with Crippen LogP contribution in [0.3, 0.4) is 0 Å².